The Bertz CT molecular complexity index is 1150. The van der Waals surface area contributed by atoms with E-state index >= 15 is 0 Å². The van der Waals surface area contributed by atoms with Gasteiger partial charge in [0.2, 0.25) is 6.41 Å². The summed E-state index contributed by atoms with van der Waals surface area (Å²) in [6, 6.07) is 19.0. The smallest absolute Gasteiger partial charge is 0.416 e. The van der Waals surface area contributed by atoms with Gasteiger partial charge in [0.25, 0.3) is 0 Å². The summed E-state index contributed by atoms with van der Waals surface area (Å²) in [6.07, 6.45) is -5.39. The van der Waals surface area contributed by atoms with Gasteiger partial charge in [0.05, 0.1) is 19.1 Å². The zero-order valence-electron chi connectivity index (χ0n) is 19.3. The quantitative estimate of drug-likeness (QED) is 0.158. The average molecular weight is 502 g/mol. The number of esters is 1. The number of hydrazine groups is 1. The molecule has 0 bridgehead atoms. The van der Waals surface area contributed by atoms with Gasteiger partial charge in [-0.2, -0.15) is 13.2 Å². The van der Waals surface area contributed by atoms with Crippen molar-refractivity contribution in [3.8, 4) is 16.9 Å². The molecular formula is C26H25F3N2O5. The number of carbonyl (C=O) groups is 2. The van der Waals surface area contributed by atoms with Crippen LogP contribution in [0.5, 0.6) is 5.75 Å². The van der Waals surface area contributed by atoms with Gasteiger partial charge in [-0.25, -0.2) is 5.43 Å². The fourth-order valence-corrected chi connectivity index (χ4v) is 3.56. The molecule has 2 unspecified atom stereocenters. The van der Waals surface area contributed by atoms with Crippen LogP contribution in [0.3, 0.4) is 0 Å². The number of ether oxygens (including phenoxy) is 2. The van der Waals surface area contributed by atoms with Gasteiger partial charge in [0, 0.05) is 5.92 Å². The van der Waals surface area contributed by atoms with Gasteiger partial charge >= 0.3 is 12.1 Å². The van der Waals surface area contributed by atoms with Gasteiger partial charge < -0.3 is 14.6 Å². The minimum Gasteiger partial charge on any atom is -0.489 e. The number of amides is 1. The maximum Gasteiger partial charge on any atom is 0.416 e. The van der Waals surface area contributed by atoms with Crippen LogP contribution in [0.15, 0.2) is 72.8 Å². The number of carbonyl (C=O) groups excluding carboxylic acids is 2. The number of rotatable bonds is 11. The van der Waals surface area contributed by atoms with E-state index in [9.17, 15) is 27.9 Å². The van der Waals surface area contributed by atoms with Crippen LogP contribution in [0.1, 0.15) is 29.0 Å². The van der Waals surface area contributed by atoms with Gasteiger partial charge in [0.15, 0.2) is 0 Å². The number of alkyl halides is 3. The first kappa shape index (κ1) is 26.7. The van der Waals surface area contributed by atoms with E-state index in [1.165, 1.54) is 19.2 Å². The average Bonchev–Trinajstić information content (AvgIpc) is 2.89. The lowest BCUT2D eigenvalue weighted by Gasteiger charge is -2.23. The lowest BCUT2D eigenvalue weighted by atomic mass is 9.94. The van der Waals surface area contributed by atoms with E-state index in [0.29, 0.717) is 23.3 Å². The molecule has 0 spiro atoms. The van der Waals surface area contributed by atoms with Crippen molar-refractivity contribution in [1.29, 1.82) is 0 Å². The molecule has 0 aliphatic rings. The fourth-order valence-electron chi connectivity index (χ4n) is 3.56. The van der Waals surface area contributed by atoms with Crippen molar-refractivity contribution < 1.29 is 37.3 Å². The van der Waals surface area contributed by atoms with Crippen LogP contribution < -0.4 is 15.6 Å². The van der Waals surface area contributed by atoms with Crippen LogP contribution in [-0.2, 0) is 27.1 Å². The van der Waals surface area contributed by atoms with Gasteiger partial charge in [-0.15, -0.1) is 0 Å². The third kappa shape index (κ3) is 7.30. The molecule has 1 amide bonds. The number of aliphatic hydroxyl groups excluding tert-OH is 1. The van der Waals surface area contributed by atoms with E-state index in [2.05, 4.69) is 15.6 Å². The molecule has 10 heteroatoms. The lowest BCUT2D eigenvalue weighted by Crippen LogP contribution is -2.44. The number of nitrogens with one attached hydrogen (secondary N) is 2. The Balaban J connectivity index is 1.67. The highest BCUT2D eigenvalue weighted by molar-refractivity contribution is 5.70. The van der Waals surface area contributed by atoms with E-state index in [1.807, 2.05) is 12.1 Å². The molecule has 0 aromatic heterocycles. The molecule has 0 aliphatic carbocycles. The number of aliphatic hydroxyl groups is 1. The van der Waals surface area contributed by atoms with E-state index in [-0.39, 0.29) is 13.0 Å². The number of halogens is 3. The molecule has 0 saturated carbocycles. The Morgan fingerprint density at radius 2 is 1.72 bits per heavy atom. The van der Waals surface area contributed by atoms with Crippen molar-refractivity contribution >= 4 is 12.4 Å². The molecule has 0 radical (unpaired) electrons. The monoisotopic (exact) mass is 502 g/mol. The zero-order valence-corrected chi connectivity index (χ0v) is 19.3. The number of hydrogen-bond donors (Lipinski definition) is 3. The minimum atomic E-state index is -4.38. The van der Waals surface area contributed by atoms with Crippen LogP contribution in [0.25, 0.3) is 11.1 Å². The molecule has 0 heterocycles. The van der Waals surface area contributed by atoms with Gasteiger partial charge in [-0.05, 0) is 52.6 Å². The van der Waals surface area contributed by atoms with Crippen molar-refractivity contribution in [3.63, 3.8) is 0 Å². The van der Waals surface area contributed by atoms with Crippen molar-refractivity contribution in [2.45, 2.75) is 31.3 Å². The van der Waals surface area contributed by atoms with Crippen LogP contribution in [0.2, 0.25) is 0 Å². The third-order valence-electron chi connectivity index (χ3n) is 5.47. The Labute approximate surface area is 205 Å². The molecule has 0 fully saturated rings. The summed E-state index contributed by atoms with van der Waals surface area (Å²) in [4.78, 5) is 22.3. The maximum atomic E-state index is 12.8. The SMILES string of the molecule is COC(=O)CC(c1ccc(OCc2cccc(-c3ccc(C(F)(F)F)cc3)c2)cc1)C(O)NNC=O. The number of benzene rings is 3. The zero-order chi connectivity index (χ0) is 26.1. The second kappa shape index (κ2) is 12.2. The lowest BCUT2D eigenvalue weighted by molar-refractivity contribution is -0.142. The first-order valence-corrected chi connectivity index (χ1v) is 10.9. The molecule has 3 aromatic rings. The third-order valence-corrected chi connectivity index (χ3v) is 5.47. The summed E-state index contributed by atoms with van der Waals surface area (Å²) in [7, 11) is 1.24. The molecule has 7 nitrogen and oxygen atoms in total. The summed E-state index contributed by atoms with van der Waals surface area (Å²) in [5.41, 5.74) is 6.70. The Morgan fingerprint density at radius 1 is 1.03 bits per heavy atom. The van der Waals surface area contributed by atoms with Gasteiger partial charge in [0.1, 0.15) is 18.6 Å². The topological polar surface area (TPSA) is 96.9 Å². The van der Waals surface area contributed by atoms with Crippen molar-refractivity contribution in [2.75, 3.05) is 7.11 Å². The molecule has 3 aromatic carbocycles. The van der Waals surface area contributed by atoms with E-state index in [4.69, 9.17) is 4.74 Å². The minimum absolute atomic E-state index is 0.123. The highest BCUT2D eigenvalue weighted by Gasteiger charge is 2.30. The first-order chi connectivity index (χ1) is 17.2. The van der Waals surface area contributed by atoms with Gasteiger partial charge in [-0.3, -0.25) is 15.0 Å². The summed E-state index contributed by atoms with van der Waals surface area (Å²) in [5.74, 6) is -0.691. The summed E-state index contributed by atoms with van der Waals surface area (Å²) < 4.78 is 48.9. The van der Waals surface area contributed by atoms with E-state index in [1.54, 1.807) is 36.4 Å². The number of methoxy groups -OCH3 is 1. The molecule has 190 valence electrons. The van der Waals surface area contributed by atoms with Crippen molar-refractivity contribution in [2.24, 2.45) is 0 Å². The van der Waals surface area contributed by atoms with Crippen LogP contribution in [-0.4, -0.2) is 30.8 Å². The van der Waals surface area contributed by atoms with E-state index in [0.717, 1.165) is 23.3 Å². The second-order valence-electron chi connectivity index (χ2n) is 7.87. The van der Waals surface area contributed by atoms with E-state index < -0.39 is 29.9 Å². The second-order valence-corrected chi connectivity index (χ2v) is 7.87. The molecule has 0 saturated heterocycles. The van der Waals surface area contributed by atoms with Crippen LogP contribution >= 0.6 is 0 Å². The molecule has 2 atom stereocenters. The molecule has 3 N–H and O–H groups in total. The molecular weight excluding hydrogens is 477 g/mol. The number of hydrogen-bond acceptors (Lipinski definition) is 6. The highest BCUT2D eigenvalue weighted by atomic mass is 19.4. The van der Waals surface area contributed by atoms with Gasteiger partial charge in [-0.1, -0.05) is 42.5 Å². The maximum absolute atomic E-state index is 12.8. The Kier molecular flexibility index (Phi) is 9.04. The predicted octanol–water partition coefficient (Wildman–Crippen LogP) is 4.17. The highest BCUT2D eigenvalue weighted by Crippen LogP contribution is 2.31. The fraction of sp³-hybridized carbons (Fsp3) is 0.231. The summed E-state index contributed by atoms with van der Waals surface area (Å²) >= 11 is 0. The summed E-state index contributed by atoms with van der Waals surface area (Å²) in [5, 5.41) is 10.3. The van der Waals surface area contributed by atoms with Crippen LogP contribution in [0, 0.1) is 0 Å². The Hall–Kier alpha value is -3.89. The standard InChI is InChI=1S/C26H25F3N2O5/c1-35-24(33)14-23(25(34)31-30-16-32)19-7-11-22(12-8-19)36-15-17-3-2-4-20(13-17)18-5-9-21(10-6-18)26(27,28)29/h2-13,16,23,25,31,34H,14-15H2,1H3,(H,30,32). The van der Waals surface area contributed by atoms with Crippen molar-refractivity contribution in [3.05, 3.63) is 89.5 Å². The first-order valence-electron chi connectivity index (χ1n) is 10.9. The molecule has 36 heavy (non-hydrogen) atoms. The largest absolute Gasteiger partial charge is 0.489 e. The molecule has 0 aliphatic heterocycles. The summed E-state index contributed by atoms with van der Waals surface area (Å²) in [6.45, 7) is 0.215. The van der Waals surface area contributed by atoms with Crippen molar-refractivity contribution in [1.82, 2.24) is 10.9 Å². The normalized spacial score (nSPS) is 12.9. The predicted molar refractivity (Wildman–Crippen MR) is 125 cm³/mol. The molecule has 3 rings (SSSR count). The Morgan fingerprint density at radius 3 is 2.33 bits per heavy atom. The van der Waals surface area contributed by atoms with Crippen LogP contribution in [0.4, 0.5) is 13.2 Å².